The molecule has 1 amide bonds. The first kappa shape index (κ1) is 30.7. The van der Waals surface area contributed by atoms with E-state index in [-0.39, 0.29) is 23.6 Å². The molecule has 1 unspecified atom stereocenters. The zero-order valence-corrected chi connectivity index (χ0v) is 26.2. The first-order valence-corrected chi connectivity index (χ1v) is 16.4. The van der Waals surface area contributed by atoms with E-state index in [0.29, 0.717) is 26.1 Å². The number of amides is 1. The summed E-state index contributed by atoms with van der Waals surface area (Å²) in [5.74, 6) is -0.654. The number of aliphatic hydroxyl groups excluding tert-OH is 1. The second kappa shape index (κ2) is 11.9. The Labute approximate surface area is 240 Å². The standard InChI is InChI=1S/C32H47NO6Si/c1-30(2,3)39-29(35)33-27(24(22-28(33)34)18-19-32(7)36-20-21-37-32)23-38-40(31(4,5)6,25-14-10-8-11-15-25)26-16-12-9-13-17-26/h8-17,24,27-28,34H,18-23H2,1-7H3/t24-,27+,28?/m0/s1. The second-order valence-electron chi connectivity index (χ2n) is 13.3. The highest BCUT2D eigenvalue weighted by atomic mass is 28.4. The van der Waals surface area contributed by atoms with Gasteiger partial charge in [-0.1, -0.05) is 81.4 Å². The molecule has 2 saturated heterocycles. The van der Waals surface area contributed by atoms with E-state index in [9.17, 15) is 9.90 Å². The molecule has 0 radical (unpaired) electrons. The smallest absolute Gasteiger partial charge is 0.412 e. The molecule has 40 heavy (non-hydrogen) atoms. The molecule has 0 aliphatic carbocycles. The molecule has 8 heteroatoms. The van der Waals surface area contributed by atoms with Crippen LogP contribution >= 0.6 is 0 Å². The average Bonchev–Trinajstić information content (AvgIpc) is 3.45. The lowest BCUT2D eigenvalue weighted by molar-refractivity contribution is -0.149. The van der Waals surface area contributed by atoms with Crippen LogP contribution in [0.1, 0.15) is 67.7 Å². The van der Waals surface area contributed by atoms with Crippen molar-refractivity contribution in [2.24, 2.45) is 5.92 Å². The van der Waals surface area contributed by atoms with E-state index in [1.54, 1.807) is 0 Å². The van der Waals surface area contributed by atoms with E-state index in [1.807, 2.05) is 39.8 Å². The van der Waals surface area contributed by atoms with E-state index in [0.717, 1.165) is 6.42 Å². The number of hydrogen-bond acceptors (Lipinski definition) is 6. The largest absolute Gasteiger partial charge is 0.444 e. The van der Waals surface area contributed by atoms with Crippen LogP contribution < -0.4 is 10.4 Å². The molecule has 0 aromatic heterocycles. The van der Waals surface area contributed by atoms with E-state index >= 15 is 0 Å². The highest BCUT2D eigenvalue weighted by molar-refractivity contribution is 6.99. The lowest BCUT2D eigenvalue weighted by atomic mass is 9.93. The lowest BCUT2D eigenvalue weighted by Gasteiger charge is -2.44. The summed E-state index contributed by atoms with van der Waals surface area (Å²) in [6.45, 7) is 15.6. The van der Waals surface area contributed by atoms with Crippen LogP contribution in [0.3, 0.4) is 0 Å². The molecule has 2 aliphatic rings. The lowest BCUT2D eigenvalue weighted by Crippen LogP contribution is -2.67. The fraction of sp³-hybridized carbons (Fsp3) is 0.594. The molecule has 2 aromatic carbocycles. The number of nitrogens with zero attached hydrogens (tertiary/aromatic N) is 1. The molecule has 7 nitrogen and oxygen atoms in total. The van der Waals surface area contributed by atoms with E-state index in [1.165, 1.54) is 15.3 Å². The quantitative estimate of drug-likeness (QED) is 0.449. The Morgan fingerprint density at radius 1 is 0.975 bits per heavy atom. The maximum atomic E-state index is 13.5. The predicted octanol–water partition coefficient (Wildman–Crippen LogP) is 5.05. The number of likely N-dealkylation sites (tertiary alicyclic amines) is 1. The van der Waals surface area contributed by atoms with Crippen LogP contribution in [0, 0.1) is 5.92 Å². The van der Waals surface area contributed by atoms with Gasteiger partial charge in [-0.25, -0.2) is 4.79 Å². The molecule has 3 atom stereocenters. The number of benzene rings is 2. The summed E-state index contributed by atoms with van der Waals surface area (Å²) >= 11 is 0. The minimum atomic E-state index is -2.85. The SMILES string of the molecule is CC(C)(C)OC(=O)N1C(O)C[C@H](CCC2(C)OCCO2)[C@H]1CO[Si](c1ccccc1)(c1ccccc1)C(C)(C)C. The van der Waals surface area contributed by atoms with E-state index in [2.05, 4.69) is 69.3 Å². The van der Waals surface area contributed by atoms with Crippen LogP contribution in [0.25, 0.3) is 0 Å². The predicted molar refractivity (Wildman–Crippen MR) is 159 cm³/mol. The molecule has 220 valence electrons. The van der Waals surface area contributed by atoms with Gasteiger partial charge < -0.3 is 23.7 Å². The minimum absolute atomic E-state index is 0.00893. The van der Waals surface area contributed by atoms with Crippen molar-refractivity contribution in [1.82, 2.24) is 4.90 Å². The van der Waals surface area contributed by atoms with Gasteiger partial charge in [0.25, 0.3) is 8.32 Å². The maximum absolute atomic E-state index is 13.5. The summed E-state index contributed by atoms with van der Waals surface area (Å²) in [6, 6.07) is 20.6. The number of rotatable bonds is 8. The monoisotopic (exact) mass is 569 g/mol. The number of hydrogen-bond donors (Lipinski definition) is 1. The third-order valence-electron chi connectivity index (χ3n) is 8.10. The van der Waals surface area contributed by atoms with Gasteiger partial charge in [0, 0.05) is 6.42 Å². The number of carbonyl (C=O) groups excluding carboxylic acids is 1. The Morgan fingerprint density at radius 3 is 1.98 bits per heavy atom. The Hall–Kier alpha value is -2.23. The van der Waals surface area contributed by atoms with Gasteiger partial charge in [-0.15, -0.1) is 0 Å². The summed E-state index contributed by atoms with van der Waals surface area (Å²) in [6.07, 6.45) is 0.373. The molecule has 0 spiro atoms. The average molecular weight is 570 g/mol. The van der Waals surface area contributed by atoms with Crippen molar-refractivity contribution in [3.8, 4) is 0 Å². The summed E-state index contributed by atoms with van der Waals surface area (Å²) in [7, 11) is -2.85. The third kappa shape index (κ3) is 6.63. The Bertz CT molecular complexity index is 1070. The molecular weight excluding hydrogens is 522 g/mol. The van der Waals surface area contributed by atoms with Crippen molar-refractivity contribution in [2.45, 2.75) is 96.4 Å². The third-order valence-corrected chi connectivity index (χ3v) is 13.1. The molecule has 0 bridgehead atoms. The zero-order chi connectivity index (χ0) is 29.2. The van der Waals surface area contributed by atoms with Gasteiger partial charge in [-0.2, -0.15) is 0 Å². The maximum Gasteiger partial charge on any atom is 0.412 e. The van der Waals surface area contributed by atoms with Crippen molar-refractivity contribution in [3.05, 3.63) is 60.7 Å². The van der Waals surface area contributed by atoms with Gasteiger partial charge in [-0.05, 0) is 61.9 Å². The second-order valence-corrected chi connectivity index (χ2v) is 17.6. The Balaban J connectivity index is 1.70. The summed E-state index contributed by atoms with van der Waals surface area (Å²) in [4.78, 5) is 15.0. The highest BCUT2D eigenvalue weighted by Crippen LogP contribution is 2.40. The molecule has 2 aliphatic heterocycles. The van der Waals surface area contributed by atoms with Gasteiger partial charge >= 0.3 is 6.09 Å². The topological polar surface area (TPSA) is 77.5 Å². The first-order valence-electron chi connectivity index (χ1n) is 14.5. The number of carbonyl (C=O) groups is 1. The Kier molecular flexibility index (Phi) is 9.17. The minimum Gasteiger partial charge on any atom is -0.444 e. The van der Waals surface area contributed by atoms with Crippen LogP contribution in [0.2, 0.25) is 5.04 Å². The van der Waals surface area contributed by atoms with E-state index in [4.69, 9.17) is 18.6 Å². The van der Waals surface area contributed by atoms with E-state index < -0.39 is 32.0 Å². The molecule has 2 fully saturated rings. The first-order chi connectivity index (χ1) is 18.8. The number of aliphatic hydroxyl groups is 1. The summed E-state index contributed by atoms with van der Waals surface area (Å²) < 4.78 is 24.7. The van der Waals surface area contributed by atoms with Crippen LogP contribution in [-0.4, -0.2) is 67.9 Å². The van der Waals surface area contributed by atoms with Gasteiger partial charge in [0.05, 0.1) is 25.9 Å². The van der Waals surface area contributed by atoms with Gasteiger partial charge in [0.2, 0.25) is 0 Å². The molecule has 1 N–H and O–H groups in total. The molecular formula is C32H47NO6Si. The van der Waals surface area contributed by atoms with Crippen LogP contribution in [0.15, 0.2) is 60.7 Å². The molecule has 2 heterocycles. The van der Waals surface area contributed by atoms with Crippen molar-refractivity contribution in [2.75, 3.05) is 19.8 Å². The van der Waals surface area contributed by atoms with Crippen molar-refractivity contribution >= 4 is 24.8 Å². The molecule has 2 aromatic rings. The van der Waals surface area contributed by atoms with Gasteiger partial charge in [0.1, 0.15) is 11.8 Å². The van der Waals surface area contributed by atoms with Crippen LogP contribution in [0.5, 0.6) is 0 Å². The van der Waals surface area contributed by atoms with Crippen LogP contribution in [-0.2, 0) is 18.6 Å². The van der Waals surface area contributed by atoms with Crippen LogP contribution in [0.4, 0.5) is 4.79 Å². The fourth-order valence-electron chi connectivity index (χ4n) is 6.21. The normalized spacial score (nSPS) is 23.4. The van der Waals surface area contributed by atoms with Gasteiger partial charge in [0.15, 0.2) is 5.79 Å². The van der Waals surface area contributed by atoms with Crippen molar-refractivity contribution in [1.29, 1.82) is 0 Å². The zero-order valence-electron chi connectivity index (χ0n) is 25.2. The molecule has 0 saturated carbocycles. The van der Waals surface area contributed by atoms with Crippen molar-refractivity contribution < 1.29 is 28.5 Å². The fourth-order valence-corrected chi connectivity index (χ4v) is 10.8. The number of ether oxygens (including phenoxy) is 3. The highest BCUT2D eigenvalue weighted by Gasteiger charge is 2.53. The summed E-state index contributed by atoms with van der Waals surface area (Å²) in [5.41, 5.74) is -0.683. The van der Waals surface area contributed by atoms with Gasteiger partial charge in [-0.3, -0.25) is 4.90 Å². The summed E-state index contributed by atoms with van der Waals surface area (Å²) in [5, 5.41) is 13.3. The molecule has 4 rings (SSSR count). The Morgan fingerprint density at radius 2 is 1.50 bits per heavy atom. The van der Waals surface area contributed by atoms with Crippen molar-refractivity contribution in [3.63, 3.8) is 0 Å².